The first kappa shape index (κ1) is 9.60. The van der Waals surface area contributed by atoms with E-state index in [4.69, 9.17) is 10.8 Å². The number of carboxylic acids is 1. The third kappa shape index (κ3) is 2.79. The van der Waals surface area contributed by atoms with Crippen molar-refractivity contribution in [3.63, 3.8) is 0 Å². The van der Waals surface area contributed by atoms with Crippen LogP contribution in [0.4, 0.5) is 4.39 Å². The number of hydrogen-bond acceptors (Lipinski definition) is 3. The summed E-state index contributed by atoms with van der Waals surface area (Å²) in [5, 5.41) is 8.42. The monoisotopic (exact) mass is 184 g/mol. The molecule has 1 aromatic heterocycles. The van der Waals surface area contributed by atoms with Gasteiger partial charge in [0.15, 0.2) is 0 Å². The number of rotatable bonds is 3. The van der Waals surface area contributed by atoms with Gasteiger partial charge < -0.3 is 10.8 Å². The summed E-state index contributed by atoms with van der Waals surface area (Å²) < 4.78 is 12.6. The lowest BCUT2D eigenvalue weighted by Gasteiger charge is -2.07. The highest BCUT2D eigenvalue weighted by molar-refractivity contribution is 5.67. The Hall–Kier alpha value is -1.49. The van der Waals surface area contributed by atoms with Crippen molar-refractivity contribution in [2.24, 2.45) is 5.73 Å². The van der Waals surface area contributed by atoms with Crippen LogP contribution in [0.3, 0.4) is 0 Å². The number of hydrogen-bond donors (Lipinski definition) is 2. The second-order valence-corrected chi connectivity index (χ2v) is 2.64. The second kappa shape index (κ2) is 3.95. The van der Waals surface area contributed by atoms with Gasteiger partial charge in [-0.25, -0.2) is 4.39 Å². The average Bonchev–Trinajstić information content (AvgIpc) is 2.03. The molecule has 1 heterocycles. The molecule has 0 amide bonds. The van der Waals surface area contributed by atoms with Crippen LogP contribution in [-0.4, -0.2) is 16.1 Å². The van der Waals surface area contributed by atoms with E-state index in [2.05, 4.69) is 4.98 Å². The summed E-state index contributed by atoms with van der Waals surface area (Å²) in [6.07, 6.45) is 2.17. The zero-order valence-electron chi connectivity index (χ0n) is 6.77. The average molecular weight is 184 g/mol. The molecular weight excluding hydrogens is 175 g/mol. The lowest BCUT2D eigenvalue weighted by Crippen LogP contribution is -2.15. The van der Waals surface area contributed by atoms with E-state index in [0.29, 0.717) is 5.56 Å². The third-order valence-electron chi connectivity index (χ3n) is 1.55. The van der Waals surface area contributed by atoms with Gasteiger partial charge in [-0.2, -0.15) is 0 Å². The van der Waals surface area contributed by atoms with Crippen molar-refractivity contribution in [2.45, 2.75) is 12.5 Å². The van der Waals surface area contributed by atoms with Crippen LogP contribution in [0.25, 0.3) is 0 Å². The van der Waals surface area contributed by atoms with Gasteiger partial charge >= 0.3 is 5.97 Å². The smallest absolute Gasteiger partial charge is 0.305 e. The minimum absolute atomic E-state index is 0.231. The molecule has 0 bridgehead atoms. The van der Waals surface area contributed by atoms with E-state index in [1.807, 2.05) is 0 Å². The van der Waals surface area contributed by atoms with Gasteiger partial charge in [-0.15, -0.1) is 0 Å². The van der Waals surface area contributed by atoms with Crippen molar-refractivity contribution in [3.05, 3.63) is 29.8 Å². The topological polar surface area (TPSA) is 76.2 Å². The normalized spacial score (nSPS) is 12.5. The van der Waals surface area contributed by atoms with E-state index in [9.17, 15) is 9.18 Å². The van der Waals surface area contributed by atoms with E-state index in [1.165, 1.54) is 12.3 Å². The second-order valence-electron chi connectivity index (χ2n) is 2.64. The predicted molar refractivity (Wildman–Crippen MR) is 43.4 cm³/mol. The molecule has 0 unspecified atom stereocenters. The van der Waals surface area contributed by atoms with Gasteiger partial charge in [0.2, 0.25) is 0 Å². The van der Waals surface area contributed by atoms with Crippen molar-refractivity contribution < 1.29 is 14.3 Å². The van der Waals surface area contributed by atoms with Crippen molar-refractivity contribution in [3.8, 4) is 0 Å². The summed E-state index contributed by atoms with van der Waals surface area (Å²) in [6.45, 7) is 0. The maximum atomic E-state index is 12.6. The minimum atomic E-state index is -1.02. The molecule has 0 saturated carbocycles. The van der Waals surface area contributed by atoms with Crippen LogP contribution in [0.5, 0.6) is 0 Å². The van der Waals surface area contributed by atoms with Crippen LogP contribution >= 0.6 is 0 Å². The fourth-order valence-corrected chi connectivity index (χ4v) is 0.937. The van der Waals surface area contributed by atoms with E-state index in [1.54, 1.807) is 0 Å². The number of halogens is 1. The highest BCUT2D eigenvalue weighted by Crippen LogP contribution is 2.13. The molecule has 4 nitrogen and oxygen atoms in total. The van der Waals surface area contributed by atoms with Crippen molar-refractivity contribution in [1.82, 2.24) is 4.98 Å². The van der Waals surface area contributed by atoms with Gasteiger partial charge in [-0.05, 0) is 11.6 Å². The lowest BCUT2D eigenvalue weighted by molar-refractivity contribution is -0.137. The molecule has 0 saturated heterocycles. The number of carbonyl (C=O) groups is 1. The zero-order valence-corrected chi connectivity index (χ0v) is 6.77. The Morgan fingerprint density at radius 2 is 2.38 bits per heavy atom. The SMILES string of the molecule is N[C@@H](CC(=O)O)c1cncc(F)c1. The summed E-state index contributed by atoms with van der Waals surface area (Å²) in [7, 11) is 0. The molecule has 1 rings (SSSR count). The largest absolute Gasteiger partial charge is 0.481 e. The fraction of sp³-hybridized carbons (Fsp3) is 0.250. The predicted octanol–water partition coefficient (Wildman–Crippen LogP) is 0.695. The maximum Gasteiger partial charge on any atom is 0.305 e. The van der Waals surface area contributed by atoms with Crippen molar-refractivity contribution >= 4 is 5.97 Å². The summed E-state index contributed by atoms with van der Waals surface area (Å²) in [5.74, 6) is -1.53. The quantitative estimate of drug-likeness (QED) is 0.724. The Kier molecular flexibility index (Phi) is 2.92. The van der Waals surface area contributed by atoms with Crippen LogP contribution in [0.1, 0.15) is 18.0 Å². The van der Waals surface area contributed by atoms with Crippen molar-refractivity contribution in [2.75, 3.05) is 0 Å². The molecule has 1 atom stereocenters. The van der Waals surface area contributed by atoms with Gasteiger partial charge in [0.25, 0.3) is 0 Å². The number of aliphatic carboxylic acids is 1. The zero-order chi connectivity index (χ0) is 9.84. The van der Waals surface area contributed by atoms with Crippen LogP contribution in [0.15, 0.2) is 18.5 Å². The van der Waals surface area contributed by atoms with Crippen LogP contribution in [0.2, 0.25) is 0 Å². The number of nitrogens with two attached hydrogens (primary N) is 1. The van der Waals surface area contributed by atoms with E-state index in [-0.39, 0.29) is 6.42 Å². The Bertz CT molecular complexity index is 317. The van der Waals surface area contributed by atoms with Gasteiger partial charge in [0, 0.05) is 12.2 Å². The Balaban J connectivity index is 2.76. The molecular formula is C8H9FN2O2. The Morgan fingerprint density at radius 3 is 2.92 bits per heavy atom. The summed E-state index contributed by atoms with van der Waals surface area (Å²) in [6, 6.07) is 0.473. The molecule has 0 radical (unpaired) electrons. The molecule has 1 aromatic rings. The lowest BCUT2D eigenvalue weighted by atomic mass is 10.1. The van der Waals surface area contributed by atoms with Gasteiger partial charge in [0.05, 0.1) is 12.6 Å². The molecule has 0 aromatic carbocycles. The summed E-state index contributed by atoms with van der Waals surface area (Å²) in [5.41, 5.74) is 5.87. The Labute approximate surface area is 74.2 Å². The molecule has 0 aliphatic heterocycles. The number of carboxylic acid groups (broad SMARTS) is 1. The number of pyridine rings is 1. The molecule has 0 spiro atoms. The highest BCUT2D eigenvalue weighted by atomic mass is 19.1. The van der Waals surface area contributed by atoms with Crippen molar-refractivity contribution in [1.29, 1.82) is 0 Å². The molecule has 3 N–H and O–H groups in total. The summed E-state index contributed by atoms with van der Waals surface area (Å²) in [4.78, 5) is 13.8. The van der Waals surface area contributed by atoms with Gasteiger partial charge in [-0.3, -0.25) is 9.78 Å². The number of nitrogens with zero attached hydrogens (tertiary/aromatic N) is 1. The highest BCUT2D eigenvalue weighted by Gasteiger charge is 2.11. The van der Waals surface area contributed by atoms with E-state index >= 15 is 0 Å². The summed E-state index contributed by atoms with van der Waals surface area (Å²) >= 11 is 0. The third-order valence-corrected chi connectivity index (χ3v) is 1.55. The molecule has 0 aliphatic rings. The number of aromatic nitrogens is 1. The molecule has 70 valence electrons. The minimum Gasteiger partial charge on any atom is -0.481 e. The van der Waals surface area contributed by atoms with Crippen LogP contribution in [0, 0.1) is 5.82 Å². The first-order valence-corrected chi connectivity index (χ1v) is 3.67. The maximum absolute atomic E-state index is 12.6. The molecule has 5 heteroatoms. The van der Waals surface area contributed by atoms with Gasteiger partial charge in [0.1, 0.15) is 5.82 Å². The molecule has 13 heavy (non-hydrogen) atoms. The van der Waals surface area contributed by atoms with Gasteiger partial charge in [-0.1, -0.05) is 0 Å². The van der Waals surface area contributed by atoms with E-state index < -0.39 is 17.8 Å². The van der Waals surface area contributed by atoms with E-state index in [0.717, 1.165) is 6.20 Å². The fourth-order valence-electron chi connectivity index (χ4n) is 0.937. The standard InChI is InChI=1S/C8H9FN2O2/c9-6-1-5(3-11-4-6)7(10)2-8(12)13/h1,3-4,7H,2,10H2,(H,12,13)/t7-/m0/s1. The molecule has 0 aliphatic carbocycles. The van der Waals surface area contributed by atoms with Crippen LogP contribution < -0.4 is 5.73 Å². The molecule has 0 fully saturated rings. The van der Waals surface area contributed by atoms with Crippen LogP contribution in [-0.2, 0) is 4.79 Å². The Morgan fingerprint density at radius 1 is 1.69 bits per heavy atom. The first-order valence-electron chi connectivity index (χ1n) is 3.67. The first-order chi connectivity index (χ1) is 6.09.